The smallest absolute Gasteiger partial charge is 0.254 e. The fraction of sp³-hybridized carbons (Fsp3) is 0.412. The lowest BCUT2D eigenvalue weighted by Crippen LogP contribution is -2.28. The van der Waals surface area contributed by atoms with Crippen LogP contribution in [0.4, 0.5) is 13.9 Å². The molecule has 6 nitrogen and oxygen atoms in total. The van der Waals surface area contributed by atoms with E-state index in [0.717, 1.165) is 42.8 Å². The Morgan fingerprint density at radius 1 is 1.19 bits per heavy atom. The van der Waals surface area contributed by atoms with Crippen LogP contribution < -0.4 is 10.6 Å². The van der Waals surface area contributed by atoms with Crippen molar-refractivity contribution in [3.63, 3.8) is 0 Å². The molecule has 140 valence electrons. The van der Waals surface area contributed by atoms with Gasteiger partial charge in [0.15, 0.2) is 0 Å². The van der Waals surface area contributed by atoms with E-state index in [1.165, 1.54) is 11.3 Å². The molecular weight excluding hydrogens is 362 g/mol. The number of aryl methyl sites for hydroxylation is 1. The standard InChI is InChI=1S/C17H20F2N4O2S/c1-2-3-4-5-15-22-23-17(26-15)21-14(24)8-9-20-16(25)12-7-6-11(18)10-13(12)19/h6-7,10H,2-5,8-9H2,1H3,(H,20,25)(H,21,23,24). The Bertz CT molecular complexity index is 767. The van der Waals surface area contributed by atoms with Crippen molar-refractivity contribution in [1.29, 1.82) is 0 Å². The van der Waals surface area contributed by atoms with Crippen LogP contribution in [-0.4, -0.2) is 28.6 Å². The molecule has 1 aromatic carbocycles. The lowest BCUT2D eigenvalue weighted by molar-refractivity contribution is -0.116. The lowest BCUT2D eigenvalue weighted by Gasteiger charge is -2.06. The van der Waals surface area contributed by atoms with E-state index < -0.39 is 17.5 Å². The minimum absolute atomic E-state index is 0.000693. The molecule has 2 aromatic rings. The summed E-state index contributed by atoms with van der Waals surface area (Å²) in [6.45, 7) is 2.14. The molecule has 0 bridgehead atoms. The van der Waals surface area contributed by atoms with Crippen LogP contribution in [0, 0.1) is 11.6 Å². The maximum absolute atomic E-state index is 13.5. The molecule has 2 N–H and O–H groups in total. The van der Waals surface area contributed by atoms with E-state index in [1.54, 1.807) is 0 Å². The van der Waals surface area contributed by atoms with Gasteiger partial charge in [-0.3, -0.25) is 9.59 Å². The van der Waals surface area contributed by atoms with Gasteiger partial charge in [-0.1, -0.05) is 31.1 Å². The first-order valence-electron chi connectivity index (χ1n) is 8.35. The number of rotatable bonds is 9. The maximum Gasteiger partial charge on any atom is 0.254 e. The van der Waals surface area contributed by atoms with Gasteiger partial charge in [0, 0.05) is 25.5 Å². The first-order chi connectivity index (χ1) is 12.5. The molecule has 2 amide bonds. The SMILES string of the molecule is CCCCCc1nnc(NC(=O)CCNC(=O)c2ccc(F)cc2F)s1. The number of amides is 2. The summed E-state index contributed by atoms with van der Waals surface area (Å²) >= 11 is 1.32. The highest BCUT2D eigenvalue weighted by Gasteiger charge is 2.13. The second kappa shape index (κ2) is 9.91. The van der Waals surface area contributed by atoms with Crippen molar-refractivity contribution in [2.45, 2.75) is 39.0 Å². The molecule has 0 saturated carbocycles. The summed E-state index contributed by atoms with van der Waals surface area (Å²) in [5.74, 6) is -2.74. The average molecular weight is 382 g/mol. The number of nitrogens with one attached hydrogen (secondary N) is 2. The van der Waals surface area contributed by atoms with Gasteiger partial charge in [-0.2, -0.15) is 0 Å². The predicted molar refractivity (Wildman–Crippen MR) is 95.1 cm³/mol. The van der Waals surface area contributed by atoms with E-state index in [2.05, 4.69) is 27.8 Å². The second-order valence-corrected chi connectivity index (χ2v) is 6.70. The summed E-state index contributed by atoms with van der Waals surface area (Å²) in [5.41, 5.74) is -0.271. The number of hydrogen-bond donors (Lipinski definition) is 2. The number of aromatic nitrogens is 2. The van der Waals surface area contributed by atoms with Gasteiger partial charge in [0.1, 0.15) is 16.6 Å². The van der Waals surface area contributed by atoms with Crippen molar-refractivity contribution in [3.05, 3.63) is 40.4 Å². The van der Waals surface area contributed by atoms with E-state index in [1.807, 2.05) is 0 Å². The van der Waals surface area contributed by atoms with E-state index in [4.69, 9.17) is 0 Å². The van der Waals surface area contributed by atoms with Gasteiger partial charge in [0.05, 0.1) is 5.56 Å². The van der Waals surface area contributed by atoms with Gasteiger partial charge in [0.2, 0.25) is 11.0 Å². The van der Waals surface area contributed by atoms with Crippen molar-refractivity contribution < 1.29 is 18.4 Å². The van der Waals surface area contributed by atoms with Crippen LogP contribution in [0.15, 0.2) is 18.2 Å². The Hall–Kier alpha value is -2.42. The summed E-state index contributed by atoms with van der Waals surface area (Å²) in [7, 11) is 0. The number of anilines is 1. The zero-order chi connectivity index (χ0) is 18.9. The number of carbonyl (C=O) groups is 2. The van der Waals surface area contributed by atoms with Crippen LogP contribution in [0.3, 0.4) is 0 Å². The molecule has 1 heterocycles. The van der Waals surface area contributed by atoms with Gasteiger partial charge in [-0.05, 0) is 18.6 Å². The lowest BCUT2D eigenvalue weighted by atomic mass is 10.2. The monoisotopic (exact) mass is 382 g/mol. The minimum Gasteiger partial charge on any atom is -0.351 e. The van der Waals surface area contributed by atoms with E-state index in [-0.39, 0.29) is 24.4 Å². The summed E-state index contributed by atoms with van der Waals surface area (Å²) < 4.78 is 26.3. The van der Waals surface area contributed by atoms with E-state index in [9.17, 15) is 18.4 Å². The van der Waals surface area contributed by atoms with Crippen LogP contribution >= 0.6 is 11.3 Å². The Kier molecular flexibility index (Phi) is 7.58. The van der Waals surface area contributed by atoms with E-state index in [0.29, 0.717) is 11.2 Å². The Morgan fingerprint density at radius 2 is 2.00 bits per heavy atom. The quantitative estimate of drug-likeness (QED) is 0.652. The molecule has 0 saturated heterocycles. The van der Waals surface area contributed by atoms with Gasteiger partial charge in [-0.15, -0.1) is 10.2 Å². The van der Waals surface area contributed by atoms with Gasteiger partial charge in [0.25, 0.3) is 5.91 Å². The average Bonchev–Trinajstić information content (AvgIpc) is 3.02. The van der Waals surface area contributed by atoms with Gasteiger partial charge in [-0.25, -0.2) is 8.78 Å². The van der Waals surface area contributed by atoms with Crippen molar-refractivity contribution in [3.8, 4) is 0 Å². The number of carbonyl (C=O) groups excluding carboxylic acids is 2. The molecule has 0 atom stereocenters. The molecular formula is C17H20F2N4O2S. The van der Waals surface area contributed by atoms with Crippen molar-refractivity contribution in [1.82, 2.24) is 15.5 Å². The molecule has 0 radical (unpaired) electrons. The highest BCUT2D eigenvalue weighted by molar-refractivity contribution is 7.15. The third kappa shape index (κ3) is 6.14. The predicted octanol–water partition coefficient (Wildman–Crippen LogP) is 3.31. The number of hydrogen-bond acceptors (Lipinski definition) is 5. The first kappa shape index (κ1) is 19.9. The highest BCUT2D eigenvalue weighted by atomic mass is 32.1. The Morgan fingerprint density at radius 3 is 2.73 bits per heavy atom. The molecule has 0 aliphatic heterocycles. The first-order valence-corrected chi connectivity index (χ1v) is 9.16. The van der Waals surface area contributed by atoms with Crippen LogP contribution in [0.1, 0.15) is 48.0 Å². The maximum atomic E-state index is 13.5. The molecule has 2 rings (SSSR count). The fourth-order valence-electron chi connectivity index (χ4n) is 2.17. The van der Waals surface area contributed by atoms with Crippen LogP contribution in [0.2, 0.25) is 0 Å². The number of unbranched alkanes of at least 4 members (excludes halogenated alkanes) is 2. The zero-order valence-electron chi connectivity index (χ0n) is 14.3. The highest BCUT2D eigenvalue weighted by Crippen LogP contribution is 2.17. The van der Waals surface area contributed by atoms with Gasteiger partial charge < -0.3 is 10.6 Å². The summed E-state index contributed by atoms with van der Waals surface area (Å²) in [6, 6.07) is 2.69. The summed E-state index contributed by atoms with van der Waals surface area (Å²) in [4.78, 5) is 23.7. The Labute approximate surface area is 154 Å². The van der Waals surface area contributed by atoms with Gasteiger partial charge >= 0.3 is 0 Å². The third-order valence-corrected chi connectivity index (χ3v) is 4.42. The zero-order valence-corrected chi connectivity index (χ0v) is 15.2. The molecule has 0 aliphatic rings. The van der Waals surface area contributed by atoms with Crippen molar-refractivity contribution in [2.24, 2.45) is 0 Å². The summed E-state index contributed by atoms with van der Waals surface area (Å²) in [6.07, 6.45) is 4.11. The largest absolute Gasteiger partial charge is 0.351 e. The molecule has 9 heteroatoms. The number of benzene rings is 1. The van der Waals surface area contributed by atoms with Crippen LogP contribution in [0.5, 0.6) is 0 Å². The van der Waals surface area contributed by atoms with Crippen molar-refractivity contribution >= 4 is 28.3 Å². The van der Waals surface area contributed by atoms with Crippen LogP contribution in [0.25, 0.3) is 0 Å². The number of halogens is 2. The minimum atomic E-state index is -0.948. The number of nitrogens with zero attached hydrogens (tertiary/aromatic N) is 2. The molecule has 0 spiro atoms. The topological polar surface area (TPSA) is 84.0 Å². The second-order valence-electron chi connectivity index (χ2n) is 5.64. The fourth-order valence-corrected chi connectivity index (χ4v) is 2.97. The molecule has 1 aromatic heterocycles. The van der Waals surface area contributed by atoms with E-state index >= 15 is 0 Å². The molecule has 0 unspecified atom stereocenters. The Balaban J connectivity index is 1.74. The van der Waals surface area contributed by atoms with Crippen molar-refractivity contribution in [2.75, 3.05) is 11.9 Å². The van der Waals surface area contributed by atoms with Crippen LogP contribution in [-0.2, 0) is 11.2 Å². The summed E-state index contributed by atoms with van der Waals surface area (Å²) in [5, 5.41) is 14.2. The molecule has 26 heavy (non-hydrogen) atoms. The normalized spacial score (nSPS) is 10.6. The molecule has 0 fully saturated rings. The molecule has 0 aliphatic carbocycles. The third-order valence-electron chi connectivity index (χ3n) is 3.52.